The summed E-state index contributed by atoms with van der Waals surface area (Å²) in [5.41, 5.74) is 7.38. The summed E-state index contributed by atoms with van der Waals surface area (Å²) in [6.45, 7) is 0.509. The van der Waals surface area contributed by atoms with Gasteiger partial charge in [-0.25, -0.2) is 9.50 Å². The van der Waals surface area contributed by atoms with Gasteiger partial charge in [0, 0.05) is 6.07 Å². The highest BCUT2D eigenvalue weighted by molar-refractivity contribution is 5.48. The van der Waals surface area contributed by atoms with Crippen LogP contribution >= 0.6 is 0 Å². The lowest BCUT2D eigenvalue weighted by atomic mass is 10.2. The molecule has 0 aliphatic carbocycles. The lowest BCUT2D eigenvalue weighted by Gasteiger charge is -2.05. The second kappa shape index (κ2) is 4.37. The molecule has 0 bridgehead atoms. The van der Waals surface area contributed by atoms with Crippen LogP contribution in [-0.4, -0.2) is 14.6 Å². The van der Waals surface area contributed by atoms with Gasteiger partial charge in [0.05, 0.1) is 12.4 Å². The minimum absolute atomic E-state index is 0.447. The maximum absolute atomic E-state index is 5.65. The standard InChI is InChI=1S/C13H12N4O/c14-12-8-17-13(16-12)6-11(7-15-17)18-9-10-4-2-1-3-5-10/h1-8H,9,14H2. The van der Waals surface area contributed by atoms with Gasteiger partial charge in [0.1, 0.15) is 18.2 Å². The molecule has 0 aliphatic rings. The smallest absolute Gasteiger partial charge is 0.159 e. The van der Waals surface area contributed by atoms with Gasteiger partial charge in [-0.05, 0) is 5.56 Å². The summed E-state index contributed by atoms with van der Waals surface area (Å²) in [5, 5.41) is 4.16. The fraction of sp³-hybridized carbons (Fsp3) is 0.0769. The van der Waals surface area contributed by atoms with Gasteiger partial charge in [0.2, 0.25) is 0 Å². The van der Waals surface area contributed by atoms with Crippen LogP contribution in [-0.2, 0) is 6.61 Å². The molecule has 3 rings (SSSR count). The molecule has 0 saturated carbocycles. The number of imidazole rings is 1. The Morgan fingerprint density at radius 3 is 2.89 bits per heavy atom. The Labute approximate surface area is 104 Å². The molecule has 1 aromatic carbocycles. The number of aromatic nitrogens is 3. The van der Waals surface area contributed by atoms with Crippen LogP contribution in [0.4, 0.5) is 5.82 Å². The normalized spacial score (nSPS) is 10.7. The Balaban J connectivity index is 1.78. The van der Waals surface area contributed by atoms with E-state index in [0.717, 1.165) is 5.56 Å². The summed E-state index contributed by atoms with van der Waals surface area (Å²) in [6, 6.07) is 11.8. The van der Waals surface area contributed by atoms with Crippen molar-refractivity contribution in [2.45, 2.75) is 6.61 Å². The lowest BCUT2D eigenvalue weighted by molar-refractivity contribution is 0.304. The molecular formula is C13H12N4O. The van der Waals surface area contributed by atoms with Crippen LogP contribution < -0.4 is 10.5 Å². The largest absolute Gasteiger partial charge is 0.487 e. The molecule has 0 unspecified atom stereocenters. The van der Waals surface area contributed by atoms with Crippen molar-refractivity contribution in [3.8, 4) is 5.75 Å². The molecule has 5 nitrogen and oxygen atoms in total. The Kier molecular flexibility index (Phi) is 2.57. The van der Waals surface area contributed by atoms with Crippen molar-refractivity contribution in [3.05, 3.63) is 54.4 Å². The summed E-state index contributed by atoms with van der Waals surface area (Å²) in [5.74, 6) is 1.12. The molecule has 2 heterocycles. The Morgan fingerprint density at radius 2 is 2.06 bits per heavy atom. The van der Waals surface area contributed by atoms with E-state index in [1.807, 2.05) is 36.4 Å². The van der Waals surface area contributed by atoms with Gasteiger partial charge >= 0.3 is 0 Å². The van der Waals surface area contributed by atoms with Gasteiger partial charge in [-0.1, -0.05) is 30.3 Å². The van der Waals surface area contributed by atoms with Gasteiger partial charge < -0.3 is 10.5 Å². The number of nitrogens with two attached hydrogens (primary N) is 1. The van der Waals surface area contributed by atoms with Gasteiger partial charge in [-0.2, -0.15) is 5.10 Å². The van der Waals surface area contributed by atoms with Crippen molar-refractivity contribution in [3.63, 3.8) is 0 Å². The number of anilines is 1. The molecular weight excluding hydrogens is 228 g/mol. The van der Waals surface area contributed by atoms with Crippen LogP contribution in [0.5, 0.6) is 5.75 Å². The fourth-order valence-corrected chi connectivity index (χ4v) is 1.70. The fourth-order valence-electron chi connectivity index (χ4n) is 1.70. The van der Waals surface area contributed by atoms with E-state index in [4.69, 9.17) is 10.5 Å². The third-order valence-corrected chi connectivity index (χ3v) is 2.56. The maximum atomic E-state index is 5.65. The van der Waals surface area contributed by atoms with E-state index in [-0.39, 0.29) is 0 Å². The van der Waals surface area contributed by atoms with E-state index in [1.165, 1.54) is 0 Å². The highest BCUT2D eigenvalue weighted by Gasteiger charge is 2.02. The first kappa shape index (κ1) is 10.6. The monoisotopic (exact) mass is 240 g/mol. The molecule has 0 radical (unpaired) electrons. The zero-order valence-corrected chi connectivity index (χ0v) is 9.65. The number of hydrogen-bond donors (Lipinski definition) is 1. The van der Waals surface area contributed by atoms with Crippen LogP contribution in [0.15, 0.2) is 48.8 Å². The number of hydrogen-bond acceptors (Lipinski definition) is 4. The molecule has 2 N–H and O–H groups in total. The number of fused-ring (bicyclic) bond motifs is 1. The van der Waals surface area contributed by atoms with Crippen molar-refractivity contribution < 1.29 is 4.74 Å². The van der Waals surface area contributed by atoms with Gasteiger partial charge in [-0.3, -0.25) is 0 Å². The van der Waals surface area contributed by atoms with E-state index in [9.17, 15) is 0 Å². The summed E-state index contributed by atoms with van der Waals surface area (Å²) in [7, 11) is 0. The van der Waals surface area contributed by atoms with E-state index in [0.29, 0.717) is 23.8 Å². The first-order valence-electron chi connectivity index (χ1n) is 5.59. The van der Waals surface area contributed by atoms with E-state index in [2.05, 4.69) is 10.1 Å². The Morgan fingerprint density at radius 1 is 1.22 bits per heavy atom. The molecule has 18 heavy (non-hydrogen) atoms. The van der Waals surface area contributed by atoms with Crippen molar-refractivity contribution in [2.75, 3.05) is 5.73 Å². The van der Waals surface area contributed by atoms with Crippen LogP contribution in [0.1, 0.15) is 5.56 Å². The molecule has 0 spiro atoms. The average Bonchev–Trinajstić information content (AvgIpc) is 2.77. The summed E-state index contributed by atoms with van der Waals surface area (Å²) >= 11 is 0. The van der Waals surface area contributed by atoms with Crippen LogP contribution in [0, 0.1) is 0 Å². The summed E-state index contributed by atoms with van der Waals surface area (Å²) < 4.78 is 7.27. The van der Waals surface area contributed by atoms with Crippen LogP contribution in [0.2, 0.25) is 0 Å². The zero-order valence-electron chi connectivity index (χ0n) is 9.65. The zero-order chi connectivity index (χ0) is 12.4. The number of nitrogen functional groups attached to an aromatic ring is 1. The van der Waals surface area contributed by atoms with E-state index in [1.54, 1.807) is 16.9 Å². The molecule has 5 heteroatoms. The Bertz CT molecular complexity index is 663. The lowest BCUT2D eigenvalue weighted by Crippen LogP contribution is -1.97. The molecule has 0 amide bonds. The number of nitrogens with zero attached hydrogens (tertiary/aromatic N) is 3. The van der Waals surface area contributed by atoms with Crippen LogP contribution in [0.25, 0.3) is 5.65 Å². The molecule has 0 saturated heterocycles. The molecule has 0 fully saturated rings. The van der Waals surface area contributed by atoms with Crippen molar-refractivity contribution >= 4 is 11.5 Å². The third kappa shape index (κ3) is 2.10. The number of rotatable bonds is 3. The highest BCUT2D eigenvalue weighted by atomic mass is 16.5. The first-order valence-corrected chi connectivity index (χ1v) is 5.59. The van der Waals surface area contributed by atoms with Crippen molar-refractivity contribution in [1.29, 1.82) is 0 Å². The molecule has 90 valence electrons. The SMILES string of the molecule is Nc1cn2ncc(OCc3ccccc3)cc2n1. The van der Waals surface area contributed by atoms with Crippen molar-refractivity contribution in [1.82, 2.24) is 14.6 Å². The average molecular weight is 240 g/mol. The molecule has 0 atom stereocenters. The second-order valence-corrected chi connectivity index (χ2v) is 3.93. The number of ether oxygens (including phenoxy) is 1. The number of benzene rings is 1. The van der Waals surface area contributed by atoms with E-state index < -0.39 is 0 Å². The van der Waals surface area contributed by atoms with Gasteiger partial charge in [-0.15, -0.1) is 0 Å². The first-order chi connectivity index (χ1) is 8.81. The second-order valence-electron chi connectivity index (χ2n) is 3.93. The minimum Gasteiger partial charge on any atom is -0.487 e. The predicted molar refractivity (Wildman–Crippen MR) is 68.2 cm³/mol. The Hall–Kier alpha value is -2.56. The van der Waals surface area contributed by atoms with E-state index >= 15 is 0 Å². The summed E-state index contributed by atoms with van der Waals surface area (Å²) in [6.07, 6.45) is 3.31. The molecule has 3 aromatic rings. The summed E-state index contributed by atoms with van der Waals surface area (Å²) in [4.78, 5) is 4.13. The van der Waals surface area contributed by atoms with Gasteiger partial charge in [0.15, 0.2) is 5.65 Å². The minimum atomic E-state index is 0.447. The predicted octanol–water partition coefficient (Wildman–Crippen LogP) is 1.89. The third-order valence-electron chi connectivity index (χ3n) is 2.56. The quantitative estimate of drug-likeness (QED) is 0.759. The highest BCUT2D eigenvalue weighted by Crippen LogP contribution is 2.14. The topological polar surface area (TPSA) is 65.4 Å². The van der Waals surface area contributed by atoms with Gasteiger partial charge in [0.25, 0.3) is 0 Å². The molecule has 0 aliphatic heterocycles. The van der Waals surface area contributed by atoms with Crippen molar-refractivity contribution in [2.24, 2.45) is 0 Å². The van der Waals surface area contributed by atoms with Crippen LogP contribution in [0.3, 0.4) is 0 Å². The maximum Gasteiger partial charge on any atom is 0.159 e. The molecule has 2 aromatic heterocycles.